The van der Waals surface area contributed by atoms with Crippen molar-refractivity contribution in [2.75, 3.05) is 13.6 Å². The lowest BCUT2D eigenvalue weighted by molar-refractivity contribution is 0.312. The molecule has 3 heteroatoms. The van der Waals surface area contributed by atoms with E-state index in [1.807, 2.05) is 0 Å². The van der Waals surface area contributed by atoms with Gasteiger partial charge in [0.2, 0.25) is 0 Å². The van der Waals surface area contributed by atoms with Gasteiger partial charge in [0.1, 0.15) is 5.82 Å². The van der Waals surface area contributed by atoms with Gasteiger partial charge < -0.3 is 4.57 Å². The third kappa shape index (κ3) is 1.58. The number of nitrogens with zero attached hydrogens (tertiary/aromatic N) is 3. The highest BCUT2D eigenvalue weighted by Gasteiger charge is 2.27. The second-order valence-corrected chi connectivity index (χ2v) is 5.37. The standard InChI is InChI=1S/C13H21N3/c1-10-5-3-7-13-14-11(9-16(10)13)12-6-4-8-15(12)2/h9-10,12H,3-8H2,1-2H3. The van der Waals surface area contributed by atoms with Crippen molar-refractivity contribution in [3.8, 4) is 0 Å². The molecule has 16 heavy (non-hydrogen) atoms. The van der Waals surface area contributed by atoms with Crippen LogP contribution < -0.4 is 0 Å². The minimum absolute atomic E-state index is 0.574. The highest BCUT2D eigenvalue weighted by molar-refractivity contribution is 5.13. The van der Waals surface area contributed by atoms with E-state index in [1.54, 1.807) is 0 Å². The van der Waals surface area contributed by atoms with E-state index >= 15 is 0 Å². The largest absolute Gasteiger partial charge is 0.332 e. The van der Waals surface area contributed by atoms with E-state index in [2.05, 4.69) is 29.6 Å². The Morgan fingerprint density at radius 3 is 2.88 bits per heavy atom. The van der Waals surface area contributed by atoms with Gasteiger partial charge in [0.15, 0.2) is 0 Å². The Morgan fingerprint density at radius 2 is 2.19 bits per heavy atom. The molecule has 0 aromatic carbocycles. The molecule has 2 aliphatic rings. The molecule has 3 heterocycles. The number of hydrogen-bond acceptors (Lipinski definition) is 2. The summed E-state index contributed by atoms with van der Waals surface area (Å²) in [6, 6.07) is 1.22. The quantitative estimate of drug-likeness (QED) is 0.723. The summed E-state index contributed by atoms with van der Waals surface area (Å²) in [5.41, 5.74) is 1.31. The van der Waals surface area contributed by atoms with Crippen LogP contribution in [0.15, 0.2) is 6.20 Å². The molecule has 0 aliphatic carbocycles. The lowest BCUT2D eigenvalue weighted by Crippen LogP contribution is -2.17. The van der Waals surface area contributed by atoms with E-state index in [-0.39, 0.29) is 0 Å². The number of aromatic nitrogens is 2. The van der Waals surface area contributed by atoms with Crippen LogP contribution in [-0.2, 0) is 6.42 Å². The number of likely N-dealkylation sites (tertiary alicyclic amines) is 1. The molecule has 0 N–H and O–H groups in total. The van der Waals surface area contributed by atoms with Crippen LogP contribution in [0.3, 0.4) is 0 Å². The van der Waals surface area contributed by atoms with Crippen molar-refractivity contribution in [2.45, 2.75) is 51.1 Å². The van der Waals surface area contributed by atoms with E-state index in [0.717, 1.165) is 0 Å². The molecule has 0 amide bonds. The first-order valence-electron chi connectivity index (χ1n) is 6.53. The van der Waals surface area contributed by atoms with Crippen molar-refractivity contribution in [1.29, 1.82) is 0 Å². The molecule has 0 radical (unpaired) electrons. The Bertz CT molecular complexity index is 383. The van der Waals surface area contributed by atoms with Gasteiger partial charge in [0.25, 0.3) is 0 Å². The maximum Gasteiger partial charge on any atom is 0.109 e. The van der Waals surface area contributed by atoms with Crippen molar-refractivity contribution >= 4 is 0 Å². The van der Waals surface area contributed by atoms with Crippen LogP contribution >= 0.6 is 0 Å². The van der Waals surface area contributed by atoms with Crippen LogP contribution in [-0.4, -0.2) is 28.0 Å². The summed E-state index contributed by atoms with van der Waals surface area (Å²) >= 11 is 0. The minimum atomic E-state index is 0.574. The molecular formula is C13H21N3. The SMILES string of the molecule is CC1CCCc2nc(C3CCCN3C)cn21. The van der Waals surface area contributed by atoms with Crippen LogP contribution in [0.5, 0.6) is 0 Å². The summed E-state index contributed by atoms with van der Waals surface area (Å²) in [6.45, 7) is 3.54. The highest BCUT2D eigenvalue weighted by Crippen LogP contribution is 2.32. The smallest absolute Gasteiger partial charge is 0.109 e. The first kappa shape index (κ1) is 10.3. The van der Waals surface area contributed by atoms with Gasteiger partial charge in [-0.15, -0.1) is 0 Å². The van der Waals surface area contributed by atoms with Crippen molar-refractivity contribution < 1.29 is 0 Å². The van der Waals surface area contributed by atoms with Gasteiger partial charge in [-0.1, -0.05) is 0 Å². The topological polar surface area (TPSA) is 21.1 Å². The third-order valence-corrected chi connectivity index (χ3v) is 4.19. The lowest BCUT2D eigenvalue weighted by atomic mass is 10.1. The molecular weight excluding hydrogens is 198 g/mol. The molecule has 2 unspecified atom stereocenters. The van der Waals surface area contributed by atoms with E-state index in [4.69, 9.17) is 4.98 Å². The number of hydrogen-bond donors (Lipinski definition) is 0. The van der Waals surface area contributed by atoms with Gasteiger partial charge in [-0.2, -0.15) is 0 Å². The van der Waals surface area contributed by atoms with E-state index < -0.39 is 0 Å². The van der Waals surface area contributed by atoms with Crippen LogP contribution in [0.25, 0.3) is 0 Å². The Kier molecular flexibility index (Phi) is 2.51. The van der Waals surface area contributed by atoms with E-state index in [0.29, 0.717) is 12.1 Å². The summed E-state index contributed by atoms with van der Waals surface area (Å²) in [4.78, 5) is 7.30. The van der Waals surface area contributed by atoms with Crippen LogP contribution in [0.1, 0.15) is 56.2 Å². The number of fused-ring (bicyclic) bond motifs is 1. The highest BCUT2D eigenvalue weighted by atomic mass is 15.2. The van der Waals surface area contributed by atoms with Gasteiger partial charge in [-0.25, -0.2) is 4.98 Å². The molecule has 2 aliphatic heterocycles. The molecule has 0 spiro atoms. The average Bonchev–Trinajstić information content (AvgIpc) is 2.84. The van der Waals surface area contributed by atoms with Crippen LogP contribution in [0.2, 0.25) is 0 Å². The molecule has 3 nitrogen and oxygen atoms in total. The summed E-state index contributed by atoms with van der Waals surface area (Å²) < 4.78 is 2.41. The van der Waals surface area contributed by atoms with Gasteiger partial charge in [0, 0.05) is 18.7 Å². The Morgan fingerprint density at radius 1 is 1.31 bits per heavy atom. The molecule has 1 saturated heterocycles. The second kappa shape index (κ2) is 3.88. The third-order valence-electron chi connectivity index (χ3n) is 4.19. The first-order chi connectivity index (χ1) is 7.75. The Balaban J connectivity index is 1.91. The van der Waals surface area contributed by atoms with Crippen molar-refractivity contribution in [2.24, 2.45) is 0 Å². The summed E-state index contributed by atoms with van der Waals surface area (Å²) in [5.74, 6) is 1.31. The predicted octanol–water partition coefficient (Wildman–Crippen LogP) is 2.55. The van der Waals surface area contributed by atoms with Gasteiger partial charge in [0.05, 0.1) is 11.7 Å². The molecule has 0 saturated carbocycles. The lowest BCUT2D eigenvalue weighted by Gasteiger charge is -2.20. The van der Waals surface area contributed by atoms with Gasteiger partial charge in [-0.05, 0) is 46.2 Å². The summed E-state index contributed by atoms with van der Waals surface area (Å²) in [5, 5.41) is 0. The fourth-order valence-electron chi connectivity index (χ4n) is 3.16. The fraction of sp³-hybridized carbons (Fsp3) is 0.769. The number of aryl methyl sites for hydroxylation is 1. The second-order valence-electron chi connectivity index (χ2n) is 5.37. The molecule has 1 aromatic heterocycles. The summed E-state index contributed by atoms with van der Waals surface area (Å²) in [7, 11) is 2.22. The fourth-order valence-corrected chi connectivity index (χ4v) is 3.16. The number of rotatable bonds is 1. The zero-order valence-corrected chi connectivity index (χ0v) is 10.3. The zero-order valence-electron chi connectivity index (χ0n) is 10.3. The molecule has 2 atom stereocenters. The average molecular weight is 219 g/mol. The van der Waals surface area contributed by atoms with Crippen molar-refractivity contribution in [3.63, 3.8) is 0 Å². The maximum absolute atomic E-state index is 4.85. The first-order valence-corrected chi connectivity index (χ1v) is 6.53. The van der Waals surface area contributed by atoms with Crippen molar-refractivity contribution in [1.82, 2.24) is 14.5 Å². The maximum atomic E-state index is 4.85. The van der Waals surface area contributed by atoms with E-state index in [1.165, 1.54) is 50.2 Å². The van der Waals surface area contributed by atoms with Crippen molar-refractivity contribution in [3.05, 3.63) is 17.7 Å². The molecule has 1 fully saturated rings. The number of imidazole rings is 1. The van der Waals surface area contributed by atoms with Gasteiger partial charge >= 0.3 is 0 Å². The Hall–Kier alpha value is -0.830. The molecule has 88 valence electrons. The summed E-state index contributed by atoms with van der Waals surface area (Å²) in [6.07, 6.45) is 8.69. The molecule has 0 bridgehead atoms. The minimum Gasteiger partial charge on any atom is -0.332 e. The predicted molar refractivity (Wildman–Crippen MR) is 64.5 cm³/mol. The molecule has 3 rings (SSSR count). The van der Waals surface area contributed by atoms with Crippen LogP contribution in [0.4, 0.5) is 0 Å². The normalized spacial score (nSPS) is 30.6. The van der Waals surface area contributed by atoms with E-state index in [9.17, 15) is 0 Å². The Labute approximate surface area is 97.5 Å². The monoisotopic (exact) mass is 219 g/mol. The molecule has 1 aromatic rings. The van der Waals surface area contributed by atoms with Crippen LogP contribution in [0, 0.1) is 0 Å². The van der Waals surface area contributed by atoms with Gasteiger partial charge in [-0.3, -0.25) is 4.90 Å². The zero-order chi connectivity index (χ0) is 11.1.